The average molecular weight is 358 g/mol. The third-order valence-corrected chi connectivity index (χ3v) is 4.31. The first-order chi connectivity index (χ1) is 9.80. The topological polar surface area (TPSA) is 58.8 Å². The molecule has 0 unspecified atom stereocenters. The number of halogens is 1. The van der Waals surface area contributed by atoms with Gasteiger partial charge in [-0.05, 0) is 20.8 Å². The second kappa shape index (κ2) is 4.90. The Morgan fingerprint density at radius 1 is 1.43 bits per heavy atom. The second-order valence-corrected chi connectivity index (χ2v) is 7.54. The van der Waals surface area contributed by atoms with Crippen molar-refractivity contribution in [3.63, 3.8) is 0 Å². The van der Waals surface area contributed by atoms with E-state index in [4.69, 9.17) is 9.26 Å². The number of likely N-dealkylation sites (tertiary alicyclic amines) is 1. The summed E-state index contributed by atoms with van der Waals surface area (Å²) in [6.45, 7) is 9.02. The van der Waals surface area contributed by atoms with E-state index in [1.165, 1.54) is 0 Å². The molecular formula is C14H20BrN3O3. The molecule has 6 nitrogen and oxygen atoms in total. The quantitative estimate of drug-likeness (QED) is 0.761. The van der Waals surface area contributed by atoms with Crippen LogP contribution in [0.4, 0.5) is 10.6 Å². The van der Waals surface area contributed by atoms with Gasteiger partial charge in [-0.15, -0.1) is 0 Å². The molecule has 0 N–H and O–H groups in total. The molecule has 0 saturated carbocycles. The van der Waals surface area contributed by atoms with E-state index < -0.39 is 5.60 Å². The van der Waals surface area contributed by atoms with E-state index in [9.17, 15) is 4.79 Å². The number of hydrogen-bond acceptors (Lipinski definition) is 5. The lowest BCUT2D eigenvalue weighted by Crippen LogP contribution is -2.73. The molecule has 1 spiro atoms. The molecule has 1 aromatic heterocycles. The van der Waals surface area contributed by atoms with Gasteiger partial charge in [0.2, 0.25) is 0 Å². The van der Waals surface area contributed by atoms with Crippen molar-refractivity contribution in [2.45, 2.75) is 31.7 Å². The van der Waals surface area contributed by atoms with Gasteiger partial charge in [-0.25, -0.2) is 4.79 Å². The molecule has 2 fully saturated rings. The fraction of sp³-hybridized carbons (Fsp3) is 0.714. The lowest BCUT2D eigenvalue weighted by atomic mass is 9.73. The minimum absolute atomic E-state index is 0.213. The van der Waals surface area contributed by atoms with Gasteiger partial charge in [0.05, 0.1) is 5.33 Å². The lowest BCUT2D eigenvalue weighted by molar-refractivity contribution is -0.0455. The van der Waals surface area contributed by atoms with E-state index in [1.54, 1.807) is 4.90 Å². The van der Waals surface area contributed by atoms with E-state index in [0.29, 0.717) is 5.33 Å². The highest BCUT2D eigenvalue weighted by molar-refractivity contribution is 9.08. The number of aromatic nitrogens is 1. The van der Waals surface area contributed by atoms with Gasteiger partial charge < -0.3 is 19.1 Å². The summed E-state index contributed by atoms with van der Waals surface area (Å²) in [4.78, 5) is 15.9. The molecule has 0 radical (unpaired) electrons. The lowest BCUT2D eigenvalue weighted by Gasteiger charge is -2.59. The third kappa shape index (κ3) is 2.88. The minimum Gasteiger partial charge on any atom is -0.444 e. The molecule has 2 saturated heterocycles. The fourth-order valence-electron chi connectivity index (χ4n) is 2.86. The smallest absolute Gasteiger partial charge is 0.410 e. The maximum absolute atomic E-state index is 11.9. The maximum Gasteiger partial charge on any atom is 0.410 e. The molecule has 0 aromatic carbocycles. The van der Waals surface area contributed by atoms with E-state index in [2.05, 4.69) is 26.0 Å². The van der Waals surface area contributed by atoms with Crippen molar-refractivity contribution in [3.05, 3.63) is 11.8 Å². The Morgan fingerprint density at radius 2 is 2.10 bits per heavy atom. The first-order valence-corrected chi connectivity index (χ1v) is 8.17. The summed E-state index contributed by atoms with van der Waals surface area (Å²) in [5.41, 5.74) is -0.220. The number of carbonyl (C=O) groups excluding carboxylic acids is 1. The Labute approximate surface area is 132 Å². The highest BCUT2D eigenvalue weighted by Gasteiger charge is 2.54. The van der Waals surface area contributed by atoms with Crippen LogP contribution < -0.4 is 4.90 Å². The van der Waals surface area contributed by atoms with Crippen LogP contribution in [0.2, 0.25) is 0 Å². The van der Waals surface area contributed by atoms with Crippen molar-refractivity contribution in [1.29, 1.82) is 0 Å². The fourth-order valence-corrected chi connectivity index (χ4v) is 3.12. The van der Waals surface area contributed by atoms with Crippen molar-refractivity contribution >= 4 is 27.8 Å². The van der Waals surface area contributed by atoms with Crippen LogP contribution >= 0.6 is 15.9 Å². The van der Waals surface area contributed by atoms with Crippen LogP contribution in [0.1, 0.15) is 26.5 Å². The van der Waals surface area contributed by atoms with E-state index in [1.807, 2.05) is 26.8 Å². The standard InChI is InChI=1S/C14H20BrN3O3/c1-13(2,3)20-12(19)18-8-14(9-18)6-17(7-14)11-4-10(5-15)21-16-11/h4H,5-9H2,1-3H3. The molecule has 7 heteroatoms. The number of alkyl halides is 1. The number of rotatable bonds is 2. The summed E-state index contributed by atoms with van der Waals surface area (Å²) in [6.07, 6.45) is -0.213. The third-order valence-electron chi connectivity index (χ3n) is 3.76. The van der Waals surface area contributed by atoms with Crippen molar-refractivity contribution in [2.75, 3.05) is 31.1 Å². The van der Waals surface area contributed by atoms with Crippen molar-refractivity contribution in [1.82, 2.24) is 10.1 Å². The normalized spacial score (nSPS) is 20.2. The van der Waals surface area contributed by atoms with Crippen molar-refractivity contribution in [2.24, 2.45) is 5.41 Å². The Morgan fingerprint density at radius 3 is 2.62 bits per heavy atom. The van der Waals surface area contributed by atoms with Gasteiger partial charge >= 0.3 is 6.09 Å². The van der Waals surface area contributed by atoms with Crippen LogP contribution in [0.25, 0.3) is 0 Å². The number of amides is 1. The monoisotopic (exact) mass is 357 g/mol. The zero-order valence-corrected chi connectivity index (χ0v) is 14.1. The molecule has 0 aliphatic carbocycles. The van der Waals surface area contributed by atoms with Gasteiger partial charge in [-0.1, -0.05) is 21.1 Å². The molecule has 3 rings (SSSR count). The Bertz CT molecular complexity index is 538. The zero-order chi connectivity index (χ0) is 15.3. The molecule has 21 heavy (non-hydrogen) atoms. The zero-order valence-electron chi connectivity index (χ0n) is 12.6. The van der Waals surface area contributed by atoms with Crippen LogP contribution in [-0.4, -0.2) is 47.9 Å². The van der Waals surface area contributed by atoms with Gasteiger partial charge in [-0.2, -0.15) is 0 Å². The molecule has 0 bridgehead atoms. The maximum atomic E-state index is 11.9. The van der Waals surface area contributed by atoms with Gasteiger partial charge in [-0.3, -0.25) is 0 Å². The molecular weight excluding hydrogens is 338 g/mol. The first-order valence-electron chi connectivity index (χ1n) is 7.05. The summed E-state index contributed by atoms with van der Waals surface area (Å²) >= 11 is 3.34. The molecule has 2 aliphatic heterocycles. The van der Waals surface area contributed by atoms with E-state index >= 15 is 0 Å². The van der Waals surface area contributed by atoms with Gasteiger partial charge in [0.15, 0.2) is 5.82 Å². The number of carbonyl (C=O) groups is 1. The summed E-state index contributed by atoms with van der Waals surface area (Å²) < 4.78 is 10.6. The number of ether oxygens (including phenoxy) is 1. The molecule has 1 aromatic rings. The highest BCUT2D eigenvalue weighted by Crippen LogP contribution is 2.42. The van der Waals surface area contributed by atoms with Crippen LogP contribution in [0, 0.1) is 5.41 Å². The summed E-state index contributed by atoms with van der Waals surface area (Å²) in [5.74, 6) is 1.71. The van der Waals surface area contributed by atoms with Crippen molar-refractivity contribution in [3.8, 4) is 0 Å². The highest BCUT2D eigenvalue weighted by atomic mass is 79.9. The SMILES string of the molecule is CC(C)(C)OC(=O)N1CC2(C1)CN(c1cc(CBr)on1)C2. The van der Waals surface area contributed by atoms with Gasteiger partial charge in [0.25, 0.3) is 0 Å². The Balaban J connectivity index is 1.48. The molecule has 116 valence electrons. The first kappa shape index (κ1) is 14.7. The summed E-state index contributed by atoms with van der Waals surface area (Å²) in [6, 6.07) is 1.95. The largest absolute Gasteiger partial charge is 0.444 e. The Kier molecular flexibility index (Phi) is 3.43. The predicted octanol–water partition coefficient (Wildman–Crippen LogP) is 2.63. The van der Waals surface area contributed by atoms with Gasteiger partial charge in [0, 0.05) is 37.7 Å². The summed E-state index contributed by atoms with van der Waals surface area (Å²) in [7, 11) is 0. The van der Waals surface area contributed by atoms with Gasteiger partial charge in [0.1, 0.15) is 11.4 Å². The minimum atomic E-state index is -0.432. The van der Waals surface area contributed by atoms with E-state index in [0.717, 1.165) is 37.8 Å². The summed E-state index contributed by atoms with van der Waals surface area (Å²) in [5, 5.41) is 4.72. The number of nitrogens with zero attached hydrogens (tertiary/aromatic N) is 3. The molecule has 2 aliphatic rings. The Hall–Kier alpha value is -1.24. The molecule has 3 heterocycles. The number of hydrogen-bond donors (Lipinski definition) is 0. The second-order valence-electron chi connectivity index (χ2n) is 6.98. The van der Waals surface area contributed by atoms with Crippen molar-refractivity contribution < 1.29 is 14.1 Å². The van der Waals surface area contributed by atoms with Crippen LogP contribution in [-0.2, 0) is 10.1 Å². The van der Waals surface area contributed by atoms with Crippen LogP contribution in [0.15, 0.2) is 10.6 Å². The van der Waals surface area contributed by atoms with Crippen LogP contribution in [0.5, 0.6) is 0 Å². The molecule has 0 atom stereocenters. The van der Waals surface area contributed by atoms with E-state index in [-0.39, 0.29) is 11.5 Å². The van der Waals surface area contributed by atoms with Crippen LogP contribution in [0.3, 0.4) is 0 Å². The molecule has 1 amide bonds. The average Bonchev–Trinajstić information content (AvgIpc) is 2.71. The number of anilines is 1. The predicted molar refractivity (Wildman–Crippen MR) is 81.6 cm³/mol.